The van der Waals surface area contributed by atoms with Gasteiger partial charge in [0.15, 0.2) is 16.0 Å². The summed E-state index contributed by atoms with van der Waals surface area (Å²) in [7, 11) is 1.88. The molecule has 2 aromatic carbocycles. The van der Waals surface area contributed by atoms with Crippen LogP contribution in [-0.4, -0.2) is 10.5 Å². The molecule has 0 saturated carbocycles. The molecule has 4 rings (SSSR count). The number of hydrogen-bond donors (Lipinski definition) is 0. The normalized spacial score (nSPS) is 12.1. The molecule has 5 nitrogen and oxygen atoms in total. The van der Waals surface area contributed by atoms with Gasteiger partial charge in [-0.1, -0.05) is 42.9 Å². The molecular weight excluding hydrogens is 372 g/mol. The van der Waals surface area contributed by atoms with Crippen LogP contribution in [-0.2, 0) is 13.5 Å². The molecule has 2 aromatic heterocycles. The maximum absolute atomic E-state index is 12.6. The number of carbonyl (C=O) groups excluding carboxylic acids is 1. The Bertz CT molecular complexity index is 1310. The molecule has 2 heterocycles. The Morgan fingerprint density at radius 1 is 1.18 bits per heavy atom. The highest BCUT2D eigenvalue weighted by Crippen LogP contribution is 2.20. The van der Waals surface area contributed by atoms with E-state index in [1.807, 2.05) is 11.6 Å². The van der Waals surface area contributed by atoms with Gasteiger partial charge in [-0.25, -0.2) is 0 Å². The highest BCUT2D eigenvalue weighted by Gasteiger charge is 2.13. The molecule has 0 aliphatic rings. The van der Waals surface area contributed by atoms with Crippen molar-refractivity contribution in [1.29, 1.82) is 0 Å². The van der Waals surface area contributed by atoms with Crippen molar-refractivity contribution in [2.24, 2.45) is 12.0 Å². The fourth-order valence-corrected chi connectivity index (χ4v) is 4.25. The van der Waals surface area contributed by atoms with Gasteiger partial charge in [-0.2, -0.15) is 4.99 Å². The second kappa shape index (κ2) is 7.56. The van der Waals surface area contributed by atoms with Gasteiger partial charge >= 0.3 is 5.91 Å². The van der Waals surface area contributed by atoms with Crippen molar-refractivity contribution >= 4 is 38.4 Å². The van der Waals surface area contributed by atoms with Gasteiger partial charge in [-0.3, -0.25) is 9.59 Å². The van der Waals surface area contributed by atoms with Crippen molar-refractivity contribution in [3.63, 3.8) is 0 Å². The Morgan fingerprint density at radius 2 is 2.00 bits per heavy atom. The Morgan fingerprint density at radius 3 is 2.82 bits per heavy atom. The zero-order valence-electron chi connectivity index (χ0n) is 15.8. The molecule has 28 heavy (non-hydrogen) atoms. The molecule has 0 aliphatic carbocycles. The first-order valence-corrected chi connectivity index (χ1v) is 10.1. The third-order valence-electron chi connectivity index (χ3n) is 4.74. The van der Waals surface area contributed by atoms with Crippen LogP contribution < -0.4 is 10.2 Å². The number of hydrogen-bond acceptors (Lipinski definition) is 4. The predicted molar refractivity (Wildman–Crippen MR) is 112 cm³/mol. The topological polar surface area (TPSA) is 64.6 Å². The lowest BCUT2D eigenvalue weighted by Crippen LogP contribution is -2.14. The molecule has 0 saturated heterocycles. The van der Waals surface area contributed by atoms with Crippen molar-refractivity contribution in [3.05, 3.63) is 74.9 Å². The molecule has 4 aromatic rings. The van der Waals surface area contributed by atoms with Crippen LogP contribution in [0.5, 0.6) is 0 Å². The summed E-state index contributed by atoms with van der Waals surface area (Å²) in [6.45, 7) is 2.18. The first kappa shape index (κ1) is 18.4. The summed E-state index contributed by atoms with van der Waals surface area (Å²) in [5.41, 5.74) is 2.45. The number of nitrogens with zero attached hydrogens (tertiary/aromatic N) is 2. The summed E-state index contributed by atoms with van der Waals surface area (Å²) in [6.07, 6.45) is 3.35. The Balaban J connectivity index is 1.76. The second-order valence-electron chi connectivity index (χ2n) is 6.74. The molecular formula is C22H20N2O3S. The first-order valence-electron chi connectivity index (χ1n) is 9.27. The maximum Gasteiger partial charge on any atom is 0.315 e. The molecule has 1 amide bonds. The quantitative estimate of drug-likeness (QED) is 0.516. The zero-order valence-corrected chi connectivity index (χ0v) is 16.6. The molecule has 0 bridgehead atoms. The van der Waals surface area contributed by atoms with Gasteiger partial charge in [0.05, 0.1) is 15.6 Å². The molecule has 0 fully saturated rings. The molecule has 6 heteroatoms. The van der Waals surface area contributed by atoms with Crippen molar-refractivity contribution < 1.29 is 9.21 Å². The number of carbonyl (C=O) groups is 1. The van der Waals surface area contributed by atoms with Crippen LogP contribution in [0.25, 0.3) is 21.2 Å². The van der Waals surface area contributed by atoms with Gasteiger partial charge in [0, 0.05) is 13.1 Å². The van der Waals surface area contributed by atoms with E-state index in [0.717, 1.165) is 29.5 Å². The molecule has 0 atom stereocenters. The van der Waals surface area contributed by atoms with Crippen LogP contribution in [0.15, 0.2) is 62.7 Å². The second-order valence-corrected chi connectivity index (χ2v) is 7.75. The van der Waals surface area contributed by atoms with Crippen molar-refractivity contribution in [2.45, 2.75) is 26.2 Å². The Labute approximate surface area is 165 Å². The number of para-hydroxylation sites is 1. The number of fused-ring (bicyclic) bond motifs is 2. The third-order valence-corrected chi connectivity index (χ3v) is 5.83. The van der Waals surface area contributed by atoms with E-state index >= 15 is 0 Å². The summed E-state index contributed by atoms with van der Waals surface area (Å²) in [5, 5.41) is 0.450. The molecule has 0 unspecified atom stereocenters. The Kier molecular flexibility index (Phi) is 4.96. The number of amides is 1. The number of rotatable bonds is 4. The molecule has 0 spiro atoms. The summed E-state index contributed by atoms with van der Waals surface area (Å²) in [6, 6.07) is 14.4. The van der Waals surface area contributed by atoms with Crippen molar-refractivity contribution in [3.8, 4) is 0 Å². The summed E-state index contributed by atoms with van der Waals surface area (Å²) < 4.78 is 8.58. The maximum atomic E-state index is 12.6. The van der Waals surface area contributed by atoms with Gasteiger partial charge in [0.1, 0.15) is 5.58 Å². The lowest BCUT2D eigenvalue weighted by Gasteiger charge is -2.00. The van der Waals surface area contributed by atoms with E-state index in [-0.39, 0.29) is 11.2 Å². The average molecular weight is 392 g/mol. The average Bonchev–Trinajstić information content (AvgIpc) is 3.01. The van der Waals surface area contributed by atoms with Crippen LogP contribution in [0.3, 0.4) is 0 Å². The van der Waals surface area contributed by atoms with Gasteiger partial charge in [-0.15, -0.1) is 0 Å². The fourth-order valence-electron chi connectivity index (χ4n) is 3.17. The summed E-state index contributed by atoms with van der Waals surface area (Å²) in [5.74, 6) is -0.610. The molecule has 0 N–H and O–H groups in total. The van der Waals surface area contributed by atoms with Gasteiger partial charge < -0.3 is 8.98 Å². The minimum Gasteiger partial charge on any atom is -0.451 e. The van der Waals surface area contributed by atoms with E-state index in [2.05, 4.69) is 30.1 Å². The Hall–Kier alpha value is -2.99. The number of thiazole rings is 1. The van der Waals surface area contributed by atoms with E-state index in [4.69, 9.17) is 4.42 Å². The summed E-state index contributed by atoms with van der Waals surface area (Å²) in [4.78, 5) is 29.7. The lowest BCUT2D eigenvalue weighted by atomic mass is 10.1. The highest BCUT2D eigenvalue weighted by atomic mass is 32.1. The lowest BCUT2D eigenvalue weighted by molar-refractivity contribution is 0.0972. The van der Waals surface area contributed by atoms with E-state index in [1.54, 1.807) is 24.3 Å². The van der Waals surface area contributed by atoms with Gasteiger partial charge in [0.2, 0.25) is 0 Å². The molecule has 142 valence electrons. The minimum absolute atomic E-state index is 0.0511. The standard InChI is InChI=1S/C22H20N2O3S/c1-3-4-7-14-10-11-16-20(12-14)28-22(24(16)2)23-21(26)19-13-17(25)15-8-5-6-9-18(15)27-19/h5-6,8-13H,3-4,7H2,1-2H3. The highest BCUT2D eigenvalue weighted by molar-refractivity contribution is 7.16. The monoisotopic (exact) mass is 392 g/mol. The fraction of sp³-hybridized carbons (Fsp3) is 0.227. The van der Waals surface area contributed by atoms with E-state index in [9.17, 15) is 9.59 Å². The number of unbranched alkanes of at least 4 members (excludes halogenated alkanes) is 1. The first-order chi connectivity index (χ1) is 13.6. The van der Waals surface area contributed by atoms with E-state index < -0.39 is 5.91 Å². The van der Waals surface area contributed by atoms with Crippen LogP contribution in [0.4, 0.5) is 0 Å². The van der Waals surface area contributed by atoms with Crippen LogP contribution in [0, 0.1) is 0 Å². The summed E-state index contributed by atoms with van der Waals surface area (Å²) >= 11 is 1.46. The number of aryl methyl sites for hydroxylation is 2. The predicted octanol–water partition coefficient (Wildman–Crippen LogP) is 4.43. The van der Waals surface area contributed by atoms with Crippen molar-refractivity contribution in [2.75, 3.05) is 0 Å². The molecule has 0 aliphatic heterocycles. The van der Waals surface area contributed by atoms with Crippen LogP contribution >= 0.6 is 11.3 Å². The van der Waals surface area contributed by atoms with Crippen molar-refractivity contribution in [1.82, 2.24) is 4.57 Å². The smallest absolute Gasteiger partial charge is 0.315 e. The third kappa shape index (κ3) is 3.43. The SMILES string of the molecule is CCCCc1ccc2c(c1)sc(=NC(=O)c1cc(=O)c3ccccc3o1)n2C. The van der Waals surface area contributed by atoms with Crippen LogP contribution in [0.1, 0.15) is 35.9 Å². The van der Waals surface area contributed by atoms with E-state index in [1.165, 1.54) is 23.0 Å². The largest absolute Gasteiger partial charge is 0.451 e. The van der Waals surface area contributed by atoms with E-state index in [0.29, 0.717) is 15.8 Å². The zero-order chi connectivity index (χ0) is 19.7. The number of aromatic nitrogens is 1. The van der Waals surface area contributed by atoms with Crippen LogP contribution in [0.2, 0.25) is 0 Å². The number of benzene rings is 2. The van der Waals surface area contributed by atoms with Gasteiger partial charge in [0.25, 0.3) is 0 Å². The van der Waals surface area contributed by atoms with Gasteiger partial charge in [-0.05, 0) is 42.7 Å². The molecule has 0 radical (unpaired) electrons. The minimum atomic E-state index is -0.559.